The van der Waals surface area contributed by atoms with Gasteiger partial charge in [-0.3, -0.25) is 4.79 Å². The highest BCUT2D eigenvalue weighted by atomic mass is 127. The molecule has 130 valence electrons. The monoisotopic (exact) mass is 424 g/mol. The van der Waals surface area contributed by atoms with Gasteiger partial charge in [-0.05, 0) is 46.0 Å². The summed E-state index contributed by atoms with van der Waals surface area (Å²) in [5, 5.41) is 9.50. The van der Waals surface area contributed by atoms with Crippen LogP contribution >= 0.6 is 24.0 Å². The van der Waals surface area contributed by atoms with Crippen molar-refractivity contribution in [3.05, 3.63) is 0 Å². The SMILES string of the molecule is CCNC(=NCC(=O)NC(C)(C)C)NCC1(C)CCCC1.I. The van der Waals surface area contributed by atoms with E-state index in [-0.39, 0.29) is 42.0 Å². The topological polar surface area (TPSA) is 65.5 Å². The minimum absolute atomic E-state index is 0. The lowest BCUT2D eigenvalue weighted by molar-refractivity contribution is -0.121. The van der Waals surface area contributed by atoms with E-state index in [1.165, 1.54) is 25.7 Å². The van der Waals surface area contributed by atoms with Gasteiger partial charge < -0.3 is 16.0 Å². The second kappa shape index (κ2) is 9.57. The van der Waals surface area contributed by atoms with Crippen LogP contribution in [-0.4, -0.2) is 37.0 Å². The van der Waals surface area contributed by atoms with E-state index in [0.717, 1.165) is 19.0 Å². The van der Waals surface area contributed by atoms with Crippen LogP contribution in [0, 0.1) is 5.41 Å². The zero-order chi connectivity index (χ0) is 15.9. The summed E-state index contributed by atoms with van der Waals surface area (Å²) in [5.74, 6) is 0.682. The molecule has 0 aromatic carbocycles. The maximum atomic E-state index is 11.8. The van der Waals surface area contributed by atoms with Crippen LogP contribution in [0.25, 0.3) is 0 Å². The fraction of sp³-hybridized carbons (Fsp3) is 0.875. The molecule has 0 aromatic rings. The zero-order valence-electron chi connectivity index (χ0n) is 14.7. The van der Waals surface area contributed by atoms with E-state index in [1.807, 2.05) is 27.7 Å². The fourth-order valence-corrected chi connectivity index (χ4v) is 2.65. The van der Waals surface area contributed by atoms with Gasteiger partial charge in [0, 0.05) is 18.6 Å². The van der Waals surface area contributed by atoms with Crippen LogP contribution in [0.3, 0.4) is 0 Å². The molecule has 1 aliphatic carbocycles. The lowest BCUT2D eigenvalue weighted by atomic mass is 9.89. The number of halogens is 1. The number of hydrogen-bond donors (Lipinski definition) is 3. The Labute approximate surface area is 152 Å². The normalized spacial score (nSPS) is 17.6. The van der Waals surface area contributed by atoms with E-state index >= 15 is 0 Å². The number of nitrogens with zero attached hydrogens (tertiary/aromatic N) is 1. The molecule has 1 amide bonds. The van der Waals surface area contributed by atoms with Crippen molar-refractivity contribution in [1.29, 1.82) is 0 Å². The lowest BCUT2D eigenvalue weighted by Crippen LogP contribution is -2.44. The van der Waals surface area contributed by atoms with E-state index in [9.17, 15) is 4.79 Å². The largest absolute Gasteiger partial charge is 0.357 e. The Hall–Kier alpha value is -0.530. The molecule has 1 aliphatic rings. The minimum atomic E-state index is -0.213. The summed E-state index contributed by atoms with van der Waals surface area (Å²) >= 11 is 0. The van der Waals surface area contributed by atoms with E-state index in [4.69, 9.17) is 0 Å². The van der Waals surface area contributed by atoms with Gasteiger partial charge in [-0.15, -0.1) is 24.0 Å². The maximum Gasteiger partial charge on any atom is 0.242 e. The third kappa shape index (κ3) is 8.80. The van der Waals surface area contributed by atoms with Gasteiger partial charge in [0.1, 0.15) is 6.54 Å². The van der Waals surface area contributed by atoms with Crippen molar-refractivity contribution < 1.29 is 4.79 Å². The first kappa shape index (κ1) is 21.5. The second-order valence-corrected chi connectivity index (χ2v) is 7.36. The van der Waals surface area contributed by atoms with Gasteiger partial charge in [-0.1, -0.05) is 19.8 Å². The molecule has 0 heterocycles. The second-order valence-electron chi connectivity index (χ2n) is 7.36. The summed E-state index contributed by atoms with van der Waals surface area (Å²) in [6, 6.07) is 0. The van der Waals surface area contributed by atoms with Crippen molar-refractivity contribution in [2.45, 2.75) is 65.8 Å². The van der Waals surface area contributed by atoms with Gasteiger partial charge in [-0.25, -0.2) is 4.99 Å². The number of aliphatic imine (C=N–C) groups is 1. The zero-order valence-corrected chi connectivity index (χ0v) is 17.0. The number of carbonyl (C=O) groups excluding carboxylic acids is 1. The standard InChI is InChI=1S/C16H32N4O.HI/c1-6-17-14(18-11-13(21)20-15(2,3)4)19-12-16(5)9-7-8-10-16;/h6-12H2,1-5H3,(H,20,21)(H2,17,18,19);1H. The predicted molar refractivity (Wildman–Crippen MR) is 104 cm³/mol. The molecule has 0 bridgehead atoms. The average molecular weight is 424 g/mol. The third-order valence-electron chi connectivity index (χ3n) is 3.73. The quantitative estimate of drug-likeness (QED) is 0.361. The molecule has 1 fully saturated rings. The average Bonchev–Trinajstić information content (AvgIpc) is 2.78. The molecule has 0 radical (unpaired) electrons. The third-order valence-corrected chi connectivity index (χ3v) is 3.73. The van der Waals surface area contributed by atoms with Crippen LogP contribution in [0.5, 0.6) is 0 Å². The minimum Gasteiger partial charge on any atom is -0.357 e. The Morgan fingerprint density at radius 3 is 2.27 bits per heavy atom. The Balaban J connectivity index is 0.00000441. The summed E-state index contributed by atoms with van der Waals surface area (Å²) in [6.45, 7) is 12.1. The molecule has 1 rings (SSSR count). The van der Waals surface area contributed by atoms with Crippen LogP contribution in [0.4, 0.5) is 0 Å². The smallest absolute Gasteiger partial charge is 0.242 e. The highest BCUT2D eigenvalue weighted by Gasteiger charge is 2.28. The maximum absolute atomic E-state index is 11.8. The van der Waals surface area contributed by atoms with Crippen molar-refractivity contribution in [3.63, 3.8) is 0 Å². The number of guanidine groups is 1. The van der Waals surface area contributed by atoms with Gasteiger partial charge in [0.2, 0.25) is 5.91 Å². The summed E-state index contributed by atoms with van der Waals surface area (Å²) in [5.41, 5.74) is 0.152. The molecule has 0 spiro atoms. The predicted octanol–water partition coefficient (Wildman–Crippen LogP) is 2.65. The van der Waals surface area contributed by atoms with Crippen LogP contribution in [-0.2, 0) is 4.79 Å². The fourth-order valence-electron chi connectivity index (χ4n) is 2.65. The van der Waals surface area contributed by atoms with E-state index in [2.05, 4.69) is 27.9 Å². The number of hydrogen-bond acceptors (Lipinski definition) is 2. The van der Waals surface area contributed by atoms with Gasteiger partial charge in [0.25, 0.3) is 0 Å². The molecule has 0 saturated heterocycles. The first-order valence-electron chi connectivity index (χ1n) is 8.07. The van der Waals surface area contributed by atoms with Gasteiger partial charge in [0.05, 0.1) is 0 Å². The molecular weight excluding hydrogens is 391 g/mol. The summed E-state index contributed by atoms with van der Waals surface area (Å²) in [6.07, 6.45) is 5.17. The van der Waals surface area contributed by atoms with Gasteiger partial charge >= 0.3 is 0 Å². The Morgan fingerprint density at radius 2 is 1.77 bits per heavy atom. The Bertz CT molecular complexity index is 371. The molecule has 22 heavy (non-hydrogen) atoms. The highest BCUT2D eigenvalue weighted by Crippen LogP contribution is 2.36. The molecule has 0 unspecified atom stereocenters. The molecule has 0 atom stereocenters. The molecule has 1 saturated carbocycles. The van der Waals surface area contributed by atoms with Crippen LogP contribution < -0.4 is 16.0 Å². The molecule has 5 nitrogen and oxygen atoms in total. The van der Waals surface area contributed by atoms with E-state index < -0.39 is 0 Å². The van der Waals surface area contributed by atoms with Crippen LogP contribution in [0.2, 0.25) is 0 Å². The number of nitrogens with one attached hydrogen (secondary N) is 3. The molecular formula is C16H33IN4O. The van der Waals surface area contributed by atoms with Crippen molar-refractivity contribution in [2.75, 3.05) is 19.6 Å². The van der Waals surface area contributed by atoms with Crippen molar-refractivity contribution >= 4 is 35.8 Å². The highest BCUT2D eigenvalue weighted by molar-refractivity contribution is 14.0. The number of rotatable bonds is 5. The Kier molecular flexibility index (Phi) is 9.34. The van der Waals surface area contributed by atoms with Crippen molar-refractivity contribution in [2.24, 2.45) is 10.4 Å². The van der Waals surface area contributed by atoms with Crippen LogP contribution in [0.15, 0.2) is 4.99 Å². The van der Waals surface area contributed by atoms with Gasteiger partial charge in [-0.2, -0.15) is 0 Å². The van der Waals surface area contributed by atoms with Gasteiger partial charge in [0.15, 0.2) is 5.96 Å². The van der Waals surface area contributed by atoms with Crippen molar-refractivity contribution in [3.8, 4) is 0 Å². The molecule has 0 aromatic heterocycles. The van der Waals surface area contributed by atoms with Crippen LogP contribution in [0.1, 0.15) is 60.3 Å². The van der Waals surface area contributed by atoms with Crippen molar-refractivity contribution in [1.82, 2.24) is 16.0 Å². The lowest BCUT2D eigenvalue weighted by Gasteiger charge is -2.25. The number of amides is 1. The summed E-state index contributed by atoms with van der Waals surface area (Å²) in [4.78, 5) is 16.2. The summed E-state index contributed by atoms with van der Waals surface area (Å²) in [7, 11) is 0. The first-order chi connectivity index (χ1) is 9.74. The molecule has 0 aliphatic heterocycles. The Morgan fingerprint density at radius 1 is 1.18 bits per heavy atom. The number of carbonyl (C=O) groups is 1. The summed E-state index contributed by atoms with van der Waals surface area (Å²) < 4.78 is 0. The first-order valence-corrected chi connectivity index (χ1v) is 8.07. The molecule has 3 N–H and O–H groups in total. The van der Waals surface area contributed by atoms with E-state index in [0.29, 0.717) is 5.41 Å². The molecule has 6 heteroatoms. The van der Waals surface area contributed by atoms with E-state index in [1.54, 1.807) is 0 Å².